The van der Waals surface area contributed by atoms with Crippen molar-refractivity contribution in [3.8, 4) is 0 Å². The summed E-state index contributed by atoms with van der Waals surface area (Å²) in [6, 6.07) is 0. The lowest BCUT2D eigenvalue weighted by atomic mass is 9.94. The maximum absolute atomic E-state index is 10.4. The van der Waals surface area contributed by atoms with E-state index in [-0.39, 0.29) is 11.5 Å². The second-order valence-electron chi connectivity index (χ2n) is 6.59. The fourth-order valence-electron chi connectivity index (χ4n) is 0.953. The summed E-state index contributed by atoms with van der Waals surface area (Å²) in [6.45, 7) is 17.5. The summed E-state index contributed by atoms with van der Waals surface area (Å²) in [7, 11) is 0. The van der Waals surface area contributed by atoms with Gasteiger partial charge in [-0.1, -0.05) is 67.4 Å². The minimum atomic E-state index is -0.935. The van der Waals surface area contributed by atoms with Gasteiger partial charge in [-0.05, 0) is 25.2 Å². The number of aliphatic carboxylic acids is 2. The Hall–Kier alpha value is -1.32. The van der Waals surface area contributed by atoms with Gasteiger partial charge in [0.1, 0.15) is 0 Å². The molecule has 0 amide bonds. The standard InChI is InChI=1S/C8H16O2.C6H14.C4H6O2/c1-3-5-6-7(4-2)8(9)10;1-5-6(2,3)4;1-3(2)4(5)6/h7H,3-6H2,1-2H3,(H,9,10);5H2,1-4H3;1H2,2H3,(H,5,6). The zero-order valence-corrected chi connectivity index (χ0v) is 15.5. The van der Waals surface area contributed by atoms with Gasteiger partial charge in [0.15, 0.2) is 0 Å². The zero-order valence-electron chi connectivity index (χ0n) is 15.5. The van der Waals surface area contributed by atoms with Crippen LogP contribution in [-0.2, 0) is 9.59 Å². The van der Waals surface area contributed by atoms with E-state index in [0.29, 0.717) is 5.41 Å². The molecule has 1 atom stereocenters. The molecule has 4 nitrogen and oxygen atoms in total. The molecule has 4 heteroatoms. The van der Waals surface area contributed by atoms with Crippen LogP contribution in [0.15, 0.2) is 12.2 Å². The first-order valence-corrected chi connectivity index (χ1v) is 8.04. The van der Waals surface area contributed by atoms with E-state index in [1.165, 1.54) is 13.3 Å². The lowest BCUT2D eigenvalue weighted by molar-refractivity contribution is -0.142. The van der Waals surface area contributed by atoms with Crippen LogP contribution >= 0.6 is 0 Å². The highest BCUT2D eigenvalue weighted by atomic mass is 16.4. The van der Waals surface area contributed by atoms with Gasteiger partial charge in [0.25, 0.3) is 0 Å². The van der Waals surface area contributed by atoms with Crippen LogP contribution in [-0.4, -0.2) is 22.2 Å². The molecule has 0 aliphatic heterocycles. The Bertz CT molecular complexity index is 302. The van der Waals surface area contributed by atoms with Crippen LogP contribution in [0, 0.1) is 11.3 Å². The molecule has 132 valence electrons. The maximum atomic E-state index is 10.4. The first kappa shape index (κ1) is 25.6. The Balaban J connectivity index is -0.000000261. The highest BCUT2D eigenvalue weighted by Crippen LogP contribution is 2.16. The topological polar surface area (TPSA) is 74.6 Å². The molecule has 0 bridgehead atoms. The van der Waals surface area contributed by atoms with E-state index < -0.39 is 11.9 Å². The molecule has 0 aromatic carbocycles. The number of hydrogen-bond acceptors (Lipinski definition) is 2. The van der Waals surface area contributed by atoms with E-state index >= 15 is 0 Å². The molecule has 1 unspecified atom stereocenters. The van der Waals surface area contributed by atoms with Crippen molar-refractivity contribution in [3.63, 3.8) is 0 Å². The third kappa shape index (κ3) is 23.7. The first-order valence-electron chi connectivity index (χ1n) is 8.04. The number of hydrogen-bond donors (Lipinski definition) is 2. The van der Waals surface area contributed by atoms with E-state index in [2.05, 4.69) is 41.2 Å². The minimum absolute atomic E-state index is 0.111. The van der Waals surface area contributed by atoms with Crippen molar-refractivity contribution >= 4 is 11.9 Å². The molecule has 0 spiro atoms. The average Bonchev–Trinajstić information content (AvgIpc) is 2.39. The SMILES string of the molecule is C=C(C)C(=O)O.CCC(C)(C)C.CCCCC(CC)C(=O)O. The molecule has 0 fully saturated rings. The maximum Gasteiger partial charge on any atom is 0.330 e. The Morgan fingerprint density at radius 3 is 1.59 bits per heavy atom. The Morgan fingerprint density at radius 1 is 1.09 bits per heavy atom. The fraction of sp³-hybridized carbons (Fsp3) is 0.778. The molecule has 0 aliphatic carbocycles. The monoisotopic (exact) mass is 316 g/mol. The van der Waals surface area contributed by atoms with Crippen LogP contribution in [0.1, 0.15) is 80.6 Å². The van der Waals surface area contributed by atoms with Crippen molar-refractivity contribution in [2.45, 2.75) is 80.6 Å². The second kappa shape index (κ2) is 14.6. The highest BCUT2D eigenvalue weighted by Gasteiger charge is 2.12. The van der Waals surface area contributed by atoms with Crippen molar-refractivity contribution < 1.29 is 19.8 Å². The van der Waals surface area contributed by atoms with Crippen molar-refractivity contribution in [3.05, 3.63) is 12.2 Å². The smallest absolute Gasteiger partial charge is 0.330 e. The number of carboxylic acids is 2. The summed E-state index contributed by atoms with van der Waals surface area (Å²) in [5, 5.41) is 16.5. The van der Waals surface area contributed by atoms with Crippen molar-refractivity contribution in [2.24, 2.45) is 11.3 Å². The third-order valence-corrected chi connectivity index (χ3v) is 3.17. The summed E-state index contributed by atoms with van der Waals surface area (Å²) < 4.78 is 0. The number of unbranched alkanes of at least 4 members (excludes halogenated alkanes) is 1. The van der Waals surface area contributed by atoms with E-state index in [0.717, 1.165) is 25.7 Å². The summed E-state index contributed by atoms with van der Waals surface area (Å²) in [5.74, 6) is -1.69. The summed E-state index contributed by atoms with van der Waals surface area (Å²) in [4.78, 5) is 20.0. The largest absolute Gasteiger partial charge is 0.481 e. The molecule has 0 aromatic rings. The van der Waals surface area contributed by atoms with Gasteiger partial charge in [-0.15, -0.1) is 0 Å². The van der Waals surface area contributed by atoms with Crippen LogP contribution in [0.2, 0.25) is 0 Å². The van der Waals surface area contributed by atoms with Gasteiger partial charge in [-0.25, -0.2) is 4.79 Å². The summed E-state index contributed by atoms with van der Waals surface area (Å²) >= 11 is 0. The zero-order chi connectivity index (χ0) is 18.3. The van der Waals surface area contributed by atoms with Gasteiger partial charge in [0.05, 0.1) is 5.92 Å². The molecular weight excluding hydrogens is 280 g/mol. The van der Waals surface area contributed by atoms with Gasteiger partial charge in [0.2, 0.25) is 0 Å². The molecule has 0 radical (unpaired) electrons. The van der Waals surface area contributed by atoms with Crippen molar-refractivity contribution in [1.29, 1.82) is 0 Å². The van der Waals surface area contributed by atoms with Crippen LogP contribution in [0.4, 0.5) is 0 Å². The van der Waals surface area contributed by atoms with Gasteiger partial charge in [-0.3, -0.25) is 4.79 Å². The predicted molar refractivity (Wildman–Crippen MR) is 93.1 cm³/mol. The van der Waals surface area contributed by atoms with Crippen LogP contribution < -0.4 is 0 Å². The number of carbonyl (C=O) groups is 2. The molecule has 0 aromatic heterocycles. The molecule has 0 heterocycles. The van der Waals surface area contributed by atoms with Crippen LogP contribution in [0.3, 0.4) is 0 Å². The third-order valence-electron chi connectivity index (χ3n) is 3.17. The molecule has 0 saturated heterocycles. The van der Waals surface area contributed by atoms with E-state index in [4.69, 9.17) is 10.2 Å². The number of rotatable bonds is 6. The molecule has 0 rings (SSSR count). The van der Waals surface area contributed by atoms with Gasteiger partial charge in [0, 0.05) is 5.57 Å². The normalized spacial score (nSPS) is 11.2. The quantitative estimate of drug-likeness (QED) is 0.645. The van der Waals surface area contributed by atoms with Crippen molar-refractivity contribution in [2.75, 3.05) is 0 Å². The first-order chi connectivity index (χ1) is 9.92. The molecule has 0 aliphatic rings. The molecular formula is C18H36O4. The lowest BCUT2D eigenvalue weighted by Gasteiger charge is -2.12. The summed E-state index contributed by atoms with van der Waals surface area (Å²) in [6.07, 6.45) is 4.99. The Kier molecular flexibility index (Phi) is 17.0. The lowest BCUT2D eigenvalue weighted by Crippen LogP contribution is -2.11. The average molecular weight is 316 g/mol. The molecule has 0 saturated carbocycles. The Labute approximate surface area is 136 Å². The summed E-state index contributed by atoms with van der Waals surface area (Å²) in [5.41, 5.74) is 0.718. The van der Waals surface area contributed by atoms with Crippen LogP contribution in [0.5, 0.6) is 0 Å². The van der Waals surface area contributed by atoms with E-state index in [1.807, 2.05) is 6.92 Å². The van der Waals surface area contributed by atoms with Gasteiger partial charge >= 0.3 is 11.9 Å². The van der Waals surface area contributed by atoms with Crippen molar-refractivity contribution in [1.82, 2.24) is 0 Å². The Morgan fingerprint density at radius 2 is 1.45 bits per heavy atom. The van der Waals surface area contributed by atoms with E-state index in [9.17, 15) is 9.59 Å². The number of carboxylic acid groups (broad SMARTS) is 2. The highest BCUT2D eigenvalue weighted by molar-refractivity contribution is 5.84. The van der Waals surface area contributed by atoms with Crippen LogP contribution in [0.25, 0.3) is 0 Å². The fourth-order valence-corrected chi connectivity index (χ4v) is 0.953. The molecule has 22 heavy (non-hydrogen) atoms. The van der Waals surface area contributed by atoms with Gasteiger partial charge < -0.3 is 10.2 Å². The second-order valence-corrected chi connectivity index (χ2v) is 6.59. The predicted octanol–water partition coefficient (Wildman–Crippen LogP) is 5.38. The van der Waals surface area contributed by atoms with Gasteiger partial charge in [-0.2, -0.15) is 0 Å². The minimum Gasteiger partial charge on any atom is -0.481 e. The van der Waals surface area contributed by atoms with E-state index in [1.54, 1.807) is 0 Å². The molecule has 2 N–H and O–H groups in total.